The van der Waals surface area contributed by atoms with Crippen LogP contribution in [-0.4, -0.2) is 28.5 Å². The Morgan fingerprint density at radius 1 is 1.16 bits per heavy atom. The number of aromatic nitrogens is 2. The molecule has 0 bridgehead atoms. The van der Waals surface area contributed by atoms with Crippen molar-refractivity contribution < 1.29 is 19.1 Å². The largest absolute Gasteiger partial charge is 0.466 e. The van der Waals surface area contributed by atoms with Gasteiger partial charge in [0.05, 0.1) is 25.1 Å². The summed E-state index contributed by atoms with van der Waals surface area (Å²) in [5.74, 6) is -1.03. The number of aryl methyl sites for hydroxylation is 1. The van der Waals surface area contributed by atoms with E-state index in [1.165, 1.54) is 0 Å². The van der Waals surface area contributed by atoms with E-state index in [2.05, 4.69) is 9.97 Å². The average Bonchev–Trinajstić information content (AvgIpc) is 2.31. The molecular weight excluding hydrogens is 252 g/mol. The molecule has 0 aliphatic rings. The van der Waals surface area contributed by atoms with Crippen LogP contribution in [0.1, 0.15) is 25.5 Å². The number of rotatable bonds is 5. The Morgan fingerprint density at radius 2 is 1.79 bits per heavy atom. The minimum Gasteiger partial charge on any atom is -0.466 e. The third-order valence-electron chi connectivity index (χ3n) is 2.13. The van der Waals surface area contributed by atoms with E-state index in [0.717, 1.165) is 0 Å². The minimum atomic E-state index is -0.615. The van der Waals surface area contributed by atoms with E-state index in [1.807, 2.05) is 0 Å². The molecule has 0 aromatic carbocycles. The Kier molecular flexibility index (Phi) is 5.04. The smallest absolute Gasteiger partial charge is 0.311 e. The van der Waals surface area contributed by atoms with Gasteiger partial charge in [-0.25, -0.2) is 4.98 Å². The van der Waals surface area contributed by atoms with Crippen LogP contribution >= 0.6 is 0 Å². The van der Waals surface area contributed by atoms with Crippen LogP contribution in [0.15, 0.2) is 0 Å². The van der Waals surface area contributed by atoms with Crippen molar-refractivity contribution in [2.75, 3.05) is 18.1 Å². The standard InChI is InChI=1S/C11H16N4O4/c1-3-18-7(16)4-5-8(17)19-9-6(2)14-11(13)15-10(9)12/h3-5H2,1-2H3,(H4,12,13,14,15). The summed E-state index contributed by atoms with van der Waals surface area (Å²) in [5, 5.41) is 0. The van der Waals surface area contributed by atoms with Crippen LogP contribution in [0.2, 0.25) is 0 Å². The SMILES string of the molecule is CCOC(=O)CCC(=O)Oc1c(C)nc(N)nc1N. The van der Waals surface area contributed by atoms with Gasteiger partial charge >= 0.3 is 11.9 Å². The Labute approximate surface area is 110 Å². The lowest BCUT2D eigenvalue weighted by Gasteiger charge is -2.09. The molecule has 1 aromatic rings. The molecule has 0 radical (unpaired) electrons. The number of nitrogens with zero attached hydrogens (tertiary/aromatic N) is 2. The number of hydrogen-bond acceptors (Lipinski definition) is 8. The van der Waals surface area contributed by atoms with Gasteiger partial charge in [0.15, 0.2) is 11.6 Å². The highest BCUT2D eigenvalue weighted by Crippen LogP contribution is 2.23. The fraction of sp³-hybridized carbons (Fsp3) is 0.455. The molecule has 0 unspecified atom stereocenters. The fourth-order valence-electron chi connectivity index (χ4n) is 1.34. The number of ether oxygens (including phenoxy) is 2. The van der Waals surface area contributed by atoms with Crippen LogP contribution in [-0.2, 0) is 14.3 Å². The summed E-state index contributed by atoms with van der Waals surface area (Å²) in [6.45, 7) is 3.54. The minimum absolute atomic E-state index is 0.00122. The van der Waals surface area contributed by atoms with Gasteiger partial charge in [-0.05, 0) is 13.8 Å². The van der Waals surface area contributed by atoms with E-state index in [-0.39, 0.29) is 37.0 Å². The van der Waals surface area contributed by atoms with Gasteiger partial charge in [-0.3, -0.25) is 9.59 Å². The van der Waals surface area contributed by atoms with Gasteiger partial charge in [0, 0.05) is 0 Å². The second-order valence-corrected chi connectivity index (χ2v) is 3.66. The summed E-state index contributed by atoms with van der Waals surface area (Å²) in [4.78, 5) is 30.1. The number of carbonyl (C=O) groups excluding carboxylic acids is 2. The van der Waals surface area contributed by atoms with Crippen molar-refractivity contribution in [1.29, 1.82) is 0 Å². The monoisotopic (exact) mass is 268 g/mol. The maximum atomic E-state index is 11.5. The first kappa shape index (κ1) is 14.7. The second-order valence-electron chi connectivity index (χ2n) is 3.66. The normalized spacial score (nSPS) is 10.0. The first-order chi connectivity index (χ1) is 8.93. The molecule has 0 amide bonds. The molecular formula is C11H16N4O4. The van der Waals surface area contributed by atoms with Gasteiger partial charge in [0.25, 0.3) is 0 Å². The van der Waals surface area contributed by atoms with Crippen molar-refractivity contribution in [2.24, 2.45) is 0 Å². The molecule has 0 spiro atoms. The highest BCUT2D eigenvalue weighted by molar-refractivity contribution is 5.79. The van der Waals surface area contributed by atoms with E-state index in [4.69, 9.17) is 20.9 Å². The summed E-state index contributed by atoms with van der Waals surface area (Å²) in [7, 11) is 0. The van der Waals surface area contributed by atoms with Crippen LogP contribution in [0.3, 0.4) is 0 Å². The van der Waals surface area contributed by atoms with E-state index < -0.39 is 11.9 Å². The quantitative estimate of drug-likeness (QED) is 0.724. The molecule has 0 saturated carbocycles. The van der Waals surface area contributed by atoms with Gasteiger partial charge in [-0.15, -0.1) is 0 Å². The Balaban J connectivity index is 2.60. The Morgan fingerprint density at radius 3 is 2.37 bits per heavy atom. The number of esters is 2. The van der Waals surface area contributed by atoms with E-state index in [9.17, 15) is 9.59 Å². The lowest BCUT2D eigenvalue weighted by atomic mass is 10.3. The van der Waals surface area contributed by atoms with Crippen molar-refractivity contribution in [3.8, 4) is 5.75 Å². The predicted molar refractivity (Wildman–Crippen MR) is 67.1 cm³/mol. The van der Waals surface area contributed by atoms with Gasteiger partial charge in [0.1, 0.15) is 0 Å². The van der Waals surface area contributed by atoms with Gasteiger partial charge in [-0.1, -0.05) is 0 Å². The number of nitrogens with two attached hydrogens (primary N) is 2. The molecule has 4 N–H and O–H groups in total. The van der Waals surface area contributed by atoms with Gasteiger partial charge in [0.2, 0.25) is 5.95 Å². The number of carbonyl (C=O) groups is 2. The maximum Gasteiger partial charge on any atom is 0.311 e. The topological polar surface area (TPSA) is 130 Å². The van der Waals surface area contributed by atoms with Crippen LogP contribution in [0, 0.1) is 6.92 Å². The van der Waals surface area contributed by atoms with Gasteiger partial charge in [-0.2, -0.15) is 4.98 Å². The van der Waals surface area contributed by atoms with Crippen molar-refractivity contribution in [3.05, 3.63) is 5.69 Å². The van der Waals surface area contributed by atoms with E-state index >= 15 is 0 Å². The van der Waals surface area contributed by atoms with Crippen molar-refractivity contribution in [1.82, 2.24) is 9.97 Å². The molecule has 0 fully saturated rings. The lowest BCUT2D eigenvalue weighted by Crippen LogP contribution is -2.15. The molecule has 1 rings (SSSR count). The zero-order valence-electron chi connectivity index (χ0n) is 10.8. The molecule has 104 valence electrons. The molecule has 0 atom stereocenters. The Bertz CT molecular complexity index is 467. The number of nitrogen functional groups attached to an aromatic ring is 2. The Hall–Kier alpha value is -2.38. The molecule has 1 aromatic heterocycles. The maximum absolute atomic E-state index is 11.5. The van der Waals surface area contributed by atoms with E-state index in [0.29, 0.717) is 5.69 Å². The van der Waals surface area contributed by atoms with Crippen molar-refractivity contribution >= 4 is 23.7 Å². The van der Waals surface area contributed by atoms with Crippen LogP contribution < -0.4 is 16.2 Å². The summed E-state index contributed by atoms with van der Waals surface area (Å²) in [6, 6.07) is 0. The zero-order valence-corrected chi connectivity index (χ0v) is 10.8. The van der Waals surface area contributed by atoms with Crippen molar-refractivity contribution in [3.63, 3.8) is 0 Å². The predicted octanol–water partition coefficient (Wildman–Crippen LogP) is 0.198. The van der Waals surface area contributed by atoms with Crippen molar-refractivity contribution in [2.45, 2.75) is 26.7 Å². The molecule has 8 nitrogen and oxygen atoms in total. The second kappa shape index (κ2) is 6.53. The molecule has 1 heterocycles. The van der Waals surface area contributed by atoms with Gasteiger partial charge < -0.3 is 20.9 Å². The summed E-state index contributed by atoms with van der Waals surface area (Å²) >= 11 is 0. The van der Waals surface area contributed by atoms with Crippen LogP contribution in [0.25, 0.3) is 0 Å². The first-order valence-electron chi connectivity index (χ1n) is 5.70. The highest BCUT2D eigenvalue weighted by Gasteiger charge is 2.15. The molecule has 0 aliphatic carbocycles. The number of anilines is 2. The molecule has 0 saturated heterocycles. The third-order valence-corrected chi connectivity index (χ3v) is 2.13. The van der Waals surface area contributed by atoms with Crippen LogP contribution in [0.5, 0.6) is 5.75 Å². The molecule has 19 heavy (non-hydrogen) atoms. The summed E-state index contributed by atoms with van der Waals surface area (Å²) in [5.41, 5.74) is 11.3. The summed E-state index contributed by atoms with van der Waals surface area (Å²) < 4.78 is 9.70. The first-order valence-corrected chi connectivity index (χ1v) is 5.70. The third kappa shape index (κ3) is 4.41. The average molecular weight is 268 g/mol. The number of hydrogen-bond donors (Lipinski definition) is 2. The van der Waals surface area contributed by atoms with E-state index in [1.54, 1.807) is 13.8 Å². The zero-order chi connectivity index (χ0) is 14.4. The molecule has 8 heteroatoms. The fourth-order valence-corrected chi connectivity index (χ4v) is 1.34. The lowest BCUT2D eigenvalue weighted by molar-refractivity contribution is -0.146. The molecule has 0 aliphatic heterocycles. The summed E-state index contributed by atoms with van der Waals surface area (Å²) in [6.07, 6.45) is -0.163. The highest BCUT2D eigenvalue weighted by atomic mass is 16.5. The van der Waals surface area contributed by atoms with Crippen LogP contribution in [0.4, 0.5) is 11.8 Å².